The van der Waals surface area contributed by atoms with E-state index in [9.17, 15) is 4.79 Å². The van der Waals surface area contributed by atoms with Crippen molar-refractivity contribution in [2.24, 2.45) is 0 Å². The molecule has 0 saturated carbocycles. The first-order valence-corrected chi connectivity index (χ1v) is 12.3. The predicted molar refractivity (Wildman–Crippen MR) is 143 cm³/mol. The van der Waals surface area contributed by atoms with Gasteiger partial charge in [-0.3, -0.25) is 4.79 Å². The third-order valence-corrected chi connectivity index (χ3v) is 6.77. The van der Waals surface area contributed by atoms with Crippen LogP contribution in [0.2, 0.25) is 5.02 Å². The minimum Gasteiger partial charge on any atom is -0.368 e. The van der Waals surface area contributed by atoms with E-state index in [0.29, 0.717) is 29.2 Å². The van der Waals surface area contributed by atoms with Crippen LogP contribution in [0.5, 0.6) is 0 Å². The van der Waals surface area contributed by atoms with Gasteiger partial charge in [-0.05, 0) is 61.4 Å². The molecule has 1 N–H and O–H groups in total. The van der Waals surface area contributed by atoms with Gasteiger partial charge in [0.2, 0.25) is 0 Å². The maximum absolute atomic E-state index is 12.6. The number of aryl methyl sites for hydroxylation is 1. The van der Waals surface area contributed by atoms with Crippen LogP contribution in [-0.2, 0) is 6.42 Å². The van der Waals surface area contributed by atoms with Gasteiger partial charge in [-0.2, -0.15) is 0 Å². The summed E-state index contributed by atoms with van der Waals surface area (Å²) in [5.41, 5.74) is 5.44. The van der Waals surface area contributed by atoms with Gasteiger partial charge in [-0.25, -0.2) is 9.97 Å². The molecule has 2 aromatic carbocycles. The number of aromatic nitrogens is 2. The van der Waals surface area contributed by atoms with Gasteiger partial charge in [0.1, 0.15) is 11.5 Å². The molecule has 0 aliphatic carbocycles. The molecule has 2 aromatic heterocycles. The lowest BCUT2D eigenvalue weighted by Crippen LogP contribution is -2.46. The second kappa shape index (κ2) is 10.3. The summed E-state index contributed by atoms with van der Waals surface area (Å²) in [5.74, 6) is 0.745. The molecule has 0 radical (unpaired) electrons. The van der Waals surface area contributed by atoms with Crippen LogP contribution in [0.15, 0.2) is 72.8 Å². The Hall–Kier alpha value is -3.64. The van der Waals surface area contributed by atoms with Crippen LogP contribution in [-0.4, -0.2) is 48.6 Å². The first kappa shape index (κ1) is 23.1. The Morgan fingerprint density at radius 3 is 2.31 bits per heavy atom. The van der Waals surface area contributed by atoms with Crippen molar-refractivity contribution < 1.29 is 4.79 Å². The first-order valence-electron chi connectivity index (χ1n) is 11.9. The fourth-order valence-electron chi connectivity index (χ4n) is 4.35. The van der Waals surface area contributed by atoms with E-state index in [1.807, 2.05) is 42.5 Å². The fraction of sp³-hybridized carbons (Fsp3) is 0.250. The number of hydrogen-bond donors (Lipinski definition) is 1. The molecule has 1 amide bonds. The van der Waals surface area contributed by atoms with Gasteiger partial charge in [-0.1, -0.05) is 47.5 Å². The topological polar surface area (TPSA) is 61.4 Å². The van der Waals surface area contributed by atoms with Crippen molar-refractivity contribution in [1.82, 2.24) is 15.3 Å². The zero-order valence-electron chi connectivity index (χ0n) is 19.7. The SMILES string of the molecule is Cc1ccc(N2CCN(c3ccc4nc(C(=O)NCCc5ccccc5Cl)ccc4n3)CC2)cc1. The summed E-state index contributed by atoms with van der Waals surface area (Å²) < 4.78 is 0. The van der Waals surface area contributed by atoms with E-state index in [1.54, 1.807) is 6.07 Å². The highest BCUT2D eigenvalue weighted by molar-refractivity contribution is 6.31. The molecule has 0 atom stereocenters. The quantitative estimate of drug-likeness (QED) is 0.421. The van der Waals surface area contributed by atoms with Crippen molar-refractivity contribution in [2.75, 3.05) is 42.5 Å². The molecule has 6 nitrogen and oxygen atoms in total. The summed E-state index contributed by atoms with van der Waals surface area (Å²) in [4.78, 5) is 26.7. The van der Waals surface area contributed by atoms with E-state index in [0.717, 1.165) is 43.1 Å². The molecule has 4 aromatic rings. The van der Waals surface area contributed by atoms with Crippen molar-refractivity contribution in [1.29, 1.82) is 0 Å². The minimum atomic E-state index is -0.199. The fourth-order valence-corrected chi connectivity index (χ4v) is 4.58. The number of anilines is 2. The second-order valence-corrected chi connectivity index (χ2v) is 9.22. The highest BCUT2D eigenvalue weighted by Gasteiger charge is 2.19. The Morgan fingerprint density at radius 2 is 1.54 bits per heavy atom. The van der Waals surface area contributed by atoms with Crippen LogP contribution in [0.4, 0.5) is 11.5 Å². The van der Waals surface area contributed by atoms with Gasteiger partial charge < -0.3 is 15.1 Å². The van der Waals surface area contributed by atoms with Crippen molar-refractivity contribution in [3.05, 3.63) is 94.6 Å². The highest BCUT2D eigenvalue weighted by atomic mass is 35.5. The van der Waals surface area contributed by atoms with Crippen molar-refractivity contribution in [3.63, 3.8) is 0 Å². The third kappa shape index (κ3) is 5.38. The zero-order valence-corrected chi connectivity index (χ0v) is 20.5. The Balaban J connectivity index is 1.20. The number of pyridine rings is 2. The molecule has 5 rings (SSSR count). The third-order valence-electron chi connectivity index (χ3n) is 6.40. The number of benzene rings is 2. The van der Waals surface area contributed by atoms with Gasteiger partial charge in [-0.15, -0.1) is 0 Å². The molecule has 178 valence electrons. The minimum absolute atomic E-state index is 0.199. The summed E-state index contributed by atoms with van der Waals surface area (Å²) in [7, 11) is 0. The van der Waals surface area contributed by atoms with Gasteiger partial charge in [0.25, 0.3) is 5.91 Å². The number of nitrogens with one attached hydrogen (secondary N) is 1. The van der Waals surface area contributed by atoms with E-state index in [1.165, 1.54) is 11.3 Å². The molecule has 7 heteroatoms. The second-order valence-electron chi connectivity index (χ2n) is 8.81. The first-order chi connectivity index (χ1) is 17.1. The summed E-state index contributed by atoms with van der Waals surface area (Å²) in [5, 5.41) is 3.64. The molecule has 3 heterocycles. The summed E-state index contributed by atoms with van der Waals surface area (Å²) >= 11 is 6.19. The maximum Gasteiger partial charge on any atom is 0.269 e. The highest BCUT2D eigenvalue weighted by Crippen LogP contribution is 2.22. The monoisotopic (exact) mass is 485 g/mol. The van der Waals surface area contributed by atoms with E-state index >= 15 is 0 Å². The Morgan fingerprint density at radius 1 is 0.857 bits per heavy atom. The molecule has 0 unspecified atom stereocenters. The predicted octanol–water partition coefficient (Wildman–Crippen LogP) is 4.89. The van der Waals surface area contributed by atoms with Crippen LogP contribution in [0, 0.1) is 6.92 Å². The molecule has 1 aliphatic rings. The van der Waals surface area contributed by atoms with E-state index in [-0.39, 0.29) is 5.91 Å². The molecule has 0 spiro atoms. The summed E-state index contributed by atoms with van der Waals surface area (Å²) in [6.07, 6.45) is 0.668. The zero-order chi connectivity index (χ0) is 24.2. The van der Waals surface area contributed by atoms with Gasteiger partial charge >= 0.3 is 0 Å². The molecule has 1 fully saturated rings. The molecule has 1 aliphatic heterocycles. The van der Waals surface area contributed by atoms with E-state index in [2.05, 4.69) is 51.3 Å². The molecule has 35 heavy (non-hydrogen) atoms. The smallest absolute Gasteiger partial charge is 0.269 e. The van der Waals surface area contributed by atoms with Gasteiger partial charge in [0.15, 0.2) is 0 Å². The standard InChI is InChI=1S/C28H28ClN5O/c1-20-6-8-22(9-7-20)33-16-18-34(19-17-33)27-13-12-24-25(32-27)10-11-26(31-24)28(35)30-15-14-21-4-2-3-5-23(21)29/h2-13H,14-19H2,1H3,(H,30,35). The Kier molecular flexibility index (Phi) is 6.82. The summed E-state index contributed by atoms with van der Waals surface area (Å²) in [6, 6.07) is 23.9. The van der Waals surface area contributed by atoms with Crippen LogP contribution < -0.4 is 15.1 Å². The maximum atomic E-state index is 12.6. The average Bonchev–Trinajstić information content (AvgIpc) is 2.89. The number of carbonyl (C=O) groups excluding carboxylic acids is 1. The average molecular weight is 486 g/mol. The van der Waals surface area contributed by atoms with Gasteiger partial charge in [0, 0.05) is 43.4 Å². The molecule has 1 saturated heterocycles. The van der Waals surface area contributed by atoms with E-state index in [4.69, 9.17) is 16.6 Å². The lowest BCUT2D eigenvalue weighted by molar-refractivity contribution is 0.0949. The molecular weight excluding hydrogens is 458 g/mol. The van der Waals surface area contributed by atoms with Crippen LogP contribution in [0.3, 0.4) is 0 Å². The van der Waals surface area contributed by atoms with Crippen molar-refractivity contribution >= 4 is 40.0 Å². The van der Waals surface area contributed by atoms with E-state index < -0.39 is 0 Å². The van der Waals surface area contributed by atoms with Crippen LogP contribution >= 0.6 is 11.6 Å². The lowest BCUT2D eigenvalue weighted by atomic mass is 10.1. The number of hydrogen-bond acceptors (Lipinski definition) is 5. The van der Waals surface area contributed by atoms with Crippen LogP contribution in [0.1, 0.15) is 21.6 Å². The van der Waals surface area contributed by atoms with Crippen molar-refractivity contribution in [3.8, 4) is 0 Å². The Bertz CT molecular complexity index is 1330. The normalized spacial score (nSPS) is 13.8. The summed E-state index contributed by atoms with van der Waals surface area (Å²) in [6.45, 7) is 6.33. The number of rotatable bonds is 6. The number of piperazine rings is 1. The number of carbonyl (C=O) groups is 1. The molecular formula is C28H28ClN5O. The number of amides is 1. The lowest BCUT2D eigenvalue weighted by Gasteiger charge is -2.36. The number of halogens is 1. The molecule has 0 bridgehead atoms. The number of nitrogens with zero attached hydrogens (tertiary/aromatic N) is 4. The number of fused-ring (bicyclic) bond motifs is 1. The Labute approximate surface area is 210 Å². The van der Waals surface area contributed by atoms with Crippen LogP contribution in [0.25, 0.3) is 11.0 Å². The van der Waals surface area contributed by atoms with Crippen molar-refractivity contribution in [2.45, 2.75) is 13.3 Å². The van der Waals surface area contributed by atoms with Gasteiger partial charge in [0.05, 0.1) is 11.0 Å². The largest absolute Gasteiger partial charge is 0.368 e.